The highest BCUT2D eigenvalue weighted by Crippen LogP contribution is 2.30. The number of nitrogens with one attached hydrogen (secondary N) is 2. The van der Waals surface area contributed by atoms with Gasteiger partial charge < -0.3 is 20.0 Å². The van der Waals surface area contributed by atoms with Crippen LogP contribution in [0.4, 0.5) is 9.18 Å². The Morgan fingerprint density at radius 3 is 2.53 bits per heavy atom. The van der Waals surface area contributed by atoms with Crippen LogP contribution in [0.3, 0.4) is 0 Å². The van der Waals surface area contributed by atoms with E-state index in [1.165, 1.54) is 12.1 Å². The van der Waals surface area contributed by atoms with Crippen LogP contribution in [0.15, 0.2) is 22.6 Å². The summed E-state index contributed by atoms with van der Waals surface area (Å²) in [5.74, 6) is 0.633. The lowest BCUT2D eigenvalue weighted by Crippen LogP contribution is -2.50. The van der Waals surface area contributed by atoms with Crippen LogP contribution >= 0.6 is 0 Å². The number of rotatable bonds is 6. The van der Waals surface area contributed by atoms with Crippen LogP contribution in [-0.2, 0) is 4.79 Å². The van der Waals surface area contributed by atoms with Crippen molar-refractivity contribution in [1.29, 1.82) is 0 Å². The van der Waals surface area contributed by atoms with Crippen molar-refractivity contribution in [3.05, 3.63) is 35.3 Å². The first-order valence-electron chi connectivity index (χ1n) is 10.9. The van der Waals surface area contributed by atoms with Gasteiger partial charge in [-0.15, -0.1) is 0 Å². The van der Waals surface area contributed by atoms with E-state index in [-0.39, 0.29) is 35.8 Å². The molecule has 1 aliphatic heterocycles. The zero-order valence-electron chi connectivity index (χ0n) is 18.3. The lowest BCUT2D eigenvalue weighted by atomic mass is 9.98. The SMILES string of the molecule is CCC(CC)C(=O)N1CCC(NC(=O)N[C@@H](C)c2oc3ccc(F)cc3c2C)CC1. The quantitative estimate of drug-likeness (QED) is 0.717. The van der Waals surface area contributed by atoms with E-state index >= 15 is 0 Å². The number of carbonyl (C=O) groups excluding carboxylic acids is 2. The third kappa shape index (κ3) is 4.77. The Morgan fingerprint density at radius 2 is 1.90 bits per heavy atom. The molecule has 1 atom stereocenters. The molecule has 1 fully saturated rings. The van der Waals surface area contributed by atoms with E-state index in [4.69, 9.17) is 4.42 Å². The maximum atomic E-state index is 13.5. The summed E-state index contributed by atoms with van der Waals surface area (Å²) in [6.07, 6.45) is 3.22. The first kappa shape index (κ1) is 22.1. The molecule has 2 N–H and O–H groups in total. The predicted octanol–water partition coefficient (Wildman–Crippen LogP) is 4.67. The van der Waals surface area contributed by atoms with E-state index < -0.39 is 0 Å². The highest BCUT2D eigenvalue weighted by molar-refractivity contribution is 5.83. The van der Waals surface area contributed by atoms with Gasteiger partial charge in [0.05, 0.1) is 6.04 Å². The Bertz CT molecular complexity index is 898. The maximum absolute atomic E-state index is 13.5. The van der Waals surface area contributed by atoms with Gasteiger partial charge in [0.1, 0.15) is 17.2 Å². The molecule has 6 nitrogen and oxygen atoms in total. The topological polar surface area (TPSA) is 74.6 Å². The molecule has 0 aliphatic carbocycles. The molecule has 1 aromatic heterocycles. The Hall–Kier alpha value is -2.57. The Labute approximate surface area is 177 Å². The van der Waals surface area contributed by atoms with Gasteiger partial charge >= 0.3 is 6.03 Å². The van der Waals surface area contributed by atoms with Gasteiger partial charge in [-0.3, -0.25) is 4.79 Å². The van der Waals surface area contributed by atoms with Crippen LogP contribution in [0.2, 0.25) is 0 Å². The normalized spacial score (nSPS) is 16.1. The van der Waals surface area contributed by atoms with Crippen molar-refractivity contribution < 1.29 is 18.4 Å². The number of hydrogen-bond donors (Lipinski definition) is 2. The minimum atomic E-state index is -0.350. The predicted molar refractivity (Wildman–Crippen MR) is 115 cm³/mol. The first-order valence-corrected chi connectivity index (χ1v) is 10.9. The van der Waals surface area contributed by atoms with Gasteiger partial charge in [0.25, 0.3) is 0 Å². The molecule has 7 heteroatoms. The summed E-state index contributed by atoms with van der Waals surface area (Å²) in [5, 5.41) is 6.64. The lowest BCUT2D eigenvalue weighted by Gasteiger charge is -2.34. The summed E-state index contributed by atoms with van der Waals surface area (Å²) < 4.78 is 19.4. The van der Waals surface area contributed by atoms with Crippen molar-refractivity contribution in [2.24, 2.45) is 5.92 Å². The van der Waals surface area contributed by atoms with Gasteiger partial charge in [0.15, 0.2) is 0 Å². The number of amides is 3. The van der Waals surface area contributed by atoms with Crippen LogP contribution in [0.5, 0.6) is 0 Å². The molecule has 1 aromatic carbocycles. The fourth-order valence-electron chi connectivity index (χ4n) is 4.25. The summed E-state index contributed by atoms with van der Waals surface area (Å²) in [5.41, 5.74) is 1.43. The number of likely N-dealkylation sites (tertiary alicyclic amines) is 1. The number of halogens is 1. The Kier molecular flexibility index (Phi) is 7.00. The van der Waals surface area contributed by atoms with E-state index in [2.05, 4.69) is 10.6 Å². The molecule has 1 saturated heterocycles. The maximum Gasteiger partial charge on any atom is 0.315 e. The molecule has 164 valence electrons. The molecule has 0 saturated carbocycles. The van der Waals surface area contributed by atoms with Gasteiger partial charge in [-0.25, -0.2) is 9.18 Å². The van der Waals surface area contributed by atoms with Gasteiger partial charge in [-0.05, 0) is 57.7 Å². The molecule has 2 aromatic rings. The van der Waals surface area contributed by atoms with Gasteiger partial charge in [0.2, 0.25) is 5.91 Å². The molecule has 3 rings (SSSR count). The summed E-state index contributed by atoms with van der Waals surface area (Å²) in [7, 11) is 0. The van der Waals surface area contributed by atoms with Crippen molar-refractivity contribution >= 4 is 22.9 Å². The number of furan rings is 1. The standard InChI is InChI=1S/C23H32FN3O3/c1-5-16(6-2)22(28)27-11-9-18(10-12-27)26-23(29)25-15(4)21-14(3)19-13-17(24)7-8-20(19)30-21/h7-8,13,15-16,18H,5-6,9-12H2,1-4H3,(H2,25,26,29)/t15-/m0/s1. The minimum Gasteiger partial charge on any atom is -0.459 e. The number of aryl methyl sites for hydroxylation is 1. The number of carbonyl (C=O) groups is 2. The fraction of sp³-hybridized carbons (Fsp3) is 0.565. The Balaban J connectivity index is 1.53. The highest BCUT2D eigenvalue weighted by atomic mass is 19.1. The van der Waals surface area contributed by atoms with Crippen LogP contribution in [0.25, 0.3) is 11.0 Å². The summed E-state index contributed by atoms with van der Waals surface area (Å²) >= 11 is 0. The molecule has 0 bridgehead atoms. The second-order valence-electron chi connectivity index (χ2n) is 8.18. The first-order chi connectivity index (χ1) is 14.3. The minimum absolute atomic E-state index is 0.0359. The molecule has 0 spiro atoms. The molecular formula is C23H32FN3O3. The van der Waals surface area contributed by atoms with E-state index in [1.807, 2.05) is 32.6 Å². The van der Waals surface area contributed by atoms with Crippen molar-refractivity contribution in [3.63, 3.8) is 0 Å². The monoisotopic (exact) mass is 417 g/mol. The van der Waals surface area contributed by atoms with Crippen LogP contribution in [0, 0.1) is 18.7 Å². The van der Waals surface area contributed by atoms with E-state index in [1.54, 1.807) is 6.07 Å². The van der Waals surface area contributed by atoms with Crippen molar-refractivity contribution in [1.82, 2.24) is 15.5 Å². The molecule has 0 unspecified atom stereocenters. The van der Waals surface area contributed by atoms with E-state index in [0.29, 0.717) is 29.8 Å². The summed E-state index contributed by atoms with van der Waals surface area (Å²) in [6.45, 7) is 9.15. The van der Waals surface area contributed by atoms with Crippen LogP contribution in [0.1, 0.15) is 63.8 Å². The van der Waals surface area contributed by atoms with Crippen LogP contribution in [-0.4, -0.2) is 36.0 Å². The average Bonchev–Trinajstić information content (AvgIpc) is 3.05. The highest BCUT2D eigenvalue weighted by Gasteiger charge is 2.27. The van der Waals surface area contributed by atoms with Gasteiger partial charge in [0, 0.05) is 36.0 Å². The number of benzene rings is 1. The lowest BCUT2D eigenvalue weighted by molar-refractivity contribution is -0.136. The number of fused-ring (bicyclic) bond motifs is 1. The van der Waals surface area contributed by atoms with Crippen molar-refractivity contribution in [2.45, 2.75) is 65.5 Å². The van der Waals surface area contributed by atoms with Crippen molar-refractivity contribution in [2.75, 3.05) is 13.1 Å². The molecule has 30 heavy (non-hydrogen) atoms. The second-order valence-corrected chi connectivity index (χ2v) is 8.18. The fourth-order valence-corrected chi connectivity index (χ4v) is 4.25. The second kappa shape index (κ2) is 9.49. The third-order valence-electron chi connectivity index (χ3n) is 6.15. The number of hydrogen-bond acceptors (Lipinski definition) is 3. The average molecular weight is 418 g/mol. The molecule has 3 amide bonds. The number of urea groups is 1. The van der Waals surface area contributed by atoms with E-state index in [9.17, 15) is 14.0 Å². The molecule has 2 heterocycles. The van der Waals surface area contributed by atoms with Crippen molar-refractivity contribution in [3.8, 4) is 0 Å². The third-order valence-corrected chi connectivity index (χ3v) is 6.15. The largest absolute Gasteiger partial charge is 0.459 e. The van der Waals surface area contributed by atoms with Crippen LogP contribution < -0.4 is 10.6 Å². The summed E-state index contributed by atoms with van der Waals surface area (Å²) in [6, 6.07) is 3.83. The Morgan fingerprint density at radius 1 is 1.23 bits per heavy atom. The number of piperidine rings is 1. The molecule has 0 radical (unpaired) electrons. The zero-order chi connectivity index (χ0) is 21.8. The number of nitrogens with zero attached hydrogens (tertiary/aromatic N) is 1. The smallest absolute Gasteiger partial charge is 0.315 e. The molecular weight excluding hydrogens is 385 g/mol. The van der Waals surface area contributed by atoms with Gasteiger partial charge in [-0.2, -0.15) is 0 Å². The summed E-state index contributed by atoms with van der Waals surface area (Å²) in [4.78, 5) is 26.9. The van der Waals surface area contributed by atoms with E-state index in [0.717, 1.165) is 31.2 Å². The van der Waals surface area contributed by atoms with Gasteiger partial charge in [-0.1, -0.05) is 13.8 Å². The molecule has 1 aliphatic rings. The zero-order valence-corrected chi connectivity index (χ0v) is 18.3.